The van der Waals surface area contributed by atoms with Gasteiger partial charge in [0.1, 0.15) is 0 Å². The number of aromatic carboxylic acids is 1. The van der Waals surface area contributed by atoms with Gasteiger partial charge in [0.2, 0.25) is 0 Å². The second kappa shape index (κ2) is 7.19. The molecule has 0 bridgehead atoms. The van der Waals surface area contributed by atoms with Crippen molar-refractivity contribution in [2.24, 2.45) is 0 Å². The molecule has 0 amide bonds. The summed E-state index contributed by atoms with van der Waals surface area (Å²) in [4.78, 5) is 16.7. The van der Waals surface area contributed by atoms with Crippen LogP contribution in [0.2, 0.25) is 0 Å². The highest BCUT2D eigenvalue weighted by Crippen LogP contribution is 2.34. The summed E-state index contributed by atoms with van der Waals surface area (Å²) in [5.74, 6) is 0.233. The van der Waals surface area contributed by atoms with Crippen LogP contribution in [-0.2, 0) is 0 Å². The van der Waals surface area contributed by atoms with Crippen molar-refractivity contribution in [3.05, 3.63) is 66.2 Å². The van der Waals surface area contributed by atoms with E-state index >= 15 is 0 Å². The van der Waals surface area contributed by atoms with E-state index in [9.17, 15) is 9.90 Å². The van der Waals surface area contributed by atoms with Crippen LogP contribution in [0.1, 0.15) is 17.3 Å². The molecule has 0 aliphatic carbocycles. The van der Waals surface area contributed by atoms with Crippen LogP contribution in [0.4, 0.5) is 0 Å². The number of nitrogens with zero attached hydrogens (tertiary/aromatic N) is 1. The third-order valence-electron chi connectivity index (χ3n) is 4.69. The van der Waals surface area contributed by atoms with Gasteiger partial charge in [-0.2, -0.15) is 0 Å². The molecule has 5 heteroatoms. The van der Waals surface area contributed by atoms with Gasteiger partial charge in [-0.1, -0.05) is 36.4 Å². The molecule has 0 aliphatic heterocycles. The highest BCUT2D eigenvalue weighted by Gasteiger charge is 2.16. The van der Waals surface area contributed by atoms with E-state index in [2.05, 4.69) is 0 Å². The quantitative estimate of drug-likeness (QED) is 0.489. The largest absolute Gasteiger partial charge is 0.493 e. The van der Waals surface area contributed by atoms with Crippen molar-refractivity contribution in [3.63, 3.8) is 0 Å². The monoisotopic (exact) mass is 373 g/mol. The van der Waals surface area contributed by atoms with Crippen LogP contribution in [0.25, 0.3) is 32.9 Å². The first-order chi connectivity index (χ1) is 13.6. The lowest BCUT2D eigenvalue weighted by Gasteiger charge is -2.13. The molecule has 1 aromatic heterocycles. The van der Waals surface area contributed by atoms with Crippen LogP contribution < -0.4 is 9.47 Å². The number of rotatable bonds is 5. The van der Waals surface area contributed by atoms with Gasteiger partial charge in [-0.25, -0.2) is 9.78 Å². The van der Waals surface area contributed by atoms with E-state index in [1.165, 1.54) is 0 Å². The highest BCUT2D eigenvalue weighted by atomic mass is 16.5. The molecule has 5 nitrogen and oxygen atoms in total. The Kier molecular flexibility index (Phi) is 4.57. The van der Waals surface area contributed by atoms with Crippen molar-refractivity contribution in [2.75, 3.05) is 13.7 Å². The minimum atomic E-state index is -0.984. The summed E-state index contributed by atoms with van der Waals surface area (Å²) in [5, 5.41) is 12.3. The average Bonchev–Trinajstić information content (AvgIpc) is 2.73. The maximum Gasteiger partial charge on any atom is 0.336 e. The number of hydrogen-bond acceptors (Lipinski definition) is 4. The molecule has 0 unspecified atom stereocenters. The molecule has 1 heterocycles. The zero-order valence-corrected chi connectivity index (χ0v) is 15.6. The Morgan fingerprint density at radius 2 is 1.82 bits per heavy atom. The predicted molar refractivity (Wildman–Crippen MR) is 109 cm³/mol. The van der Waals surface area contributed by atoms with Gasteiger partial charge in [0, 0.05) is 16.3 Å². The molecule has 0 atom stereocenters. The number of carboxylic acid groups (broad SMARTS) is 1. The molecule has 0 radical (unpaired) electrons. The molecule has 28 heavy (non-hydrogen) atoms. The summed E-state index contributed by atoms with van der Waals surface area (Å²) in [6, 6.07) is 18.7. The SMILES string of the molecule is CCOc1ccc(-c2cc(C(=O)O)c3ccc4ccccc4c3n2)cc1OC. The normalized spacial score (nSPS) is 10.9. The lowest BCUT2D eigenvalue weighted by atomic mass is 10.00. The number of hydrogen-bond donors (Lipinski definition) is 1. The Bertz CT molecular complexity index is 1200. The van der Waals surface area contributed by atoms with Crippen LogP contribution >= 0.6 is 0 Å². The molecule has 3 aromatic carbocycles. The van der Waals surface area contributed by atoms with Crippen LogP contribution in [0, 0.1) is 0 Å². The summed E-state index contributed by atoms with van der Waals surface area (Å²) >= 11 is 0. The van der Waals surface area contributed by atoms with E-state index in [0.29, 0.717) is 34.7 Å². The van der Waals surface area contributed by atoms with Gasteiger partial charge in [0.15, 0.2) is 11.5 Å². The van der Waals surface area contributed by atoms with Crippen molar-refractivity contribution < 1.29 is 19.4 Å². The Morgan fingerprint density at radius 1 is 1.00 bits per heavy atom. The first-order valence-electron chi connectivity index (χ1n) is 8.99. The second-order valence-electron chi connectivity index (χ2n) is 6.34. The third-order valence-corrected chi connectivity index (χ3v) is 4.69. The van der Waals surface area contributed by atoms with Crippen molar-refractivity contribution in [3.8, 4) is 22.8 Å². The van der Waals surface area contributed by atoms with Crippen LogP contribution in [-0.4, -0.2) is 29.8 Å². The number of benzene rings is 3. The van der Waals surface area contributed by atoms with Gasteiger partial charge in [0.25, 0.3) is 0 Å². The van der Waals surface area contributed by atoms with Gasteiger partial charge in [-0.15, -0.1) is 0 Å². The van der Waals surface area contributed by atoms with Crippen molar-refractivity contribution >= 4 is 27.6 Å². The Hall–Kier alpha value is -3.60. The Labute approximate surface area is 162 Å². The fraction of sp³-hybridized carbons (Fsp3) is 0.130. The van der Waals surface area contributed by atoms with E-state index in [0.717, 1.165) is 16.3 Å². The zero-order chi connectivity index (χ0) is 19.7. The first kappa shape index (κ1) is 17.8. The lowest BCUT2D eigenvalue weighted by molar-refractivity contribution is 0.0699. The van der Waals surface area contributed by atoms with Crippen LogP contribution in [0.5, 0.6) is 11.5 Å². The van der Waals surface area contributed by atoms with E-state index in [-0.39, 0.29) is 5.56 Å². The molecule has 4 rings (SSSR count). The molecule has 0 fully saturated rings. The average molecular weight is 373 g/mol. The van der Waals surface area contributed by atoms with E-state index in [1.807, 2.05) is 61.5 Å². The van der Waals surface area contributed by atoms with Gasteiger partial charge >= 0.3 is 5.97 Å². The lowest BCUT2D eigenvalue weighted by Crippen LogP contribution is -2.01. The molecule has 4 aromatic rings. The number of pyridine rings is 1. The molecule has 0 aliphatic rings. The Balaban J connectivity index is 1.99. The summed E-state index contributed by atoms with van der Waals surface area (Å²) in [7, 11) is 1.58. The Morgan fingerprint density at radius 3 is 2.57 bits per heavy atom. The van der Waals surface area contributed by atoms with Gasteiger partial charge in [-0.05, 0) is 36.6 Å². The first-order valence-corrected chi connectivity index (χ1v) is 8.99. The molecular formula is C23H19NO4. The van der Waals surface area contributed by atoms with Gasteiger partial charge in [-0.3, -0.25) is 0 Å². The van der Waals surface area contributed by atoms with Gasteiger partial charge < -0.3 is 14.6 Å². The molecule has 0 saturated heterocycles. The fourth-order valence-corrected chi connectivity index (χ4v) is 3.39. The number of carboxylic acids is 1. The second-order valence-corrected chi connectivity index (χ2v) is 6.34. The topological polar surface area (TPSA) is 68.7 Å². The summed E-state index contributed by atoms with van der Waals surface area (Å²) in [5.41, 5.74) is 2.22. The van der Waals surface area contributed by atoms with E-state index < -0.39 is 5.97 Å². The molecule has 1 N–H and O–H groups in total. The summed E-state index contributed by atoms with van der Waals surface area (Å²) < 4.78 is 11.0. The summed E-state index contributed by atoms with van der Waals surface area (Å²) in [6.07, 6.45) is 0. The predicted octanol–water partition coefficient (Wildman–Crippen LogP) is 5.16. The van der Waals surface area contributed by atoms with E-state index in [1.54, 1.807) is 13.2 Å². The highest BCUT2D eigenvalue weighted by molar-refractivity contribution is 6.12. The molecular weight excluding hydrogens is 354 g/mol. The maximum atomic E-state index is 11.9. The zero-order valence-electron chi connectivity index (χ0n) is 15.6. The molecule has 0 saturated carbocycles. The third kappa shape index (κ3) is 3.01. The minimum absolute atomic E-state index is 0.221. The van der Waals surface area contributed by atoms with E-state index in [4.69, 9.17) is 14.5 Å². The molecule has 140 valence electrons. The molecule has 0 spiro atoms. The maximum absolute atomic E-state index is 11.9. The number of ether oxygens (including phenoxy) is 2. The summed E-state index contributed by atoms with van der Waals surface area (Å²) in [6.45, 7) is 2.43. The number of methoxy groups -OCH3 is 1. The van der Waals surface area contributed by atoms with Crippen molar-refractivity contribution in [1.82, 2.24) is 4.98 Å². The van der Waals surface area contributed by atoms with Crippen LogP contribution in [0.15, 0.2) is 60.7 Å². The number of aromatic nitrogens is 1. The van der Waals surface area contributed by atoms with Crippen molar-refractivity contribution in [1.29, 1.82) is 0 Å². The number of fused-ring (bicyclic) bond motifs is 3. The minimum Gasteiger partial charge on any atom is -0.493 e. The van der Waals surface area contributed by atoms with Gasteiger partial charge in [0.05, 0.1) is 30.5 Å². The van der Waals surface area contributed by atoms with Crippen LogP contribution in [0.3, 0.4) is 0 Å². The standard InChI is InChI=1S/C23H19NO4/c1-3-28-20-11-9-15(12-21(20)27-2)19-13-18(23(25)26)17-10-8-14-6-4-5-7-16(14)22(17)24-19/h4-13H,3H2,1-2H3,(H,25,26). The fourth-order valence-electron chi connectivity index (χ4n) is 3.39. The number of carbonyl (C=O) groups is 1. The van der Waals surface area contributed by atoms with Crippen molar-refractivity contribution in [2.45, 2.75) is 6.92 Å². The smallest absolute Gasteiger partial charge is 0.336 e.